The zero-order chi connectivity index (χ0) is 12.2. The highest BCUT2D eigenvalue weighted by molar-refractivity contribution is 5.76. The van der Waals surface area contributed by atoms with E-state index in [4.69, 9.17) is 4.74 Å². The normalized spacial score (nSPS) is 16.3. The summed E-state index contributed by atoms with van der Waals surface area (Å²) in [5.41, 5.74) is -0.860. The largest absolute Gasteiger partial charge is 0.468 e. The molecule has 15 heavy (non-hydrogen) atoms. The van der Waals surface area contributed by atoms with Crippen molar-refractivity contribution in [2.75, 3.05) is 7.11 Å². The van der Waals surface area contributed by atoms with Crippen LogP contribution in [0.15, 0.2) is 0 Å². The maximum absolute atomic E-state index is 11.4. The predicted octanol–water partition coefficient (Wildman–Crippen LogP) is 0.933. The molecule has 2 N–H and O–H groups in total. The Kier molecular flexibility index (Phi) is 5.24. The third kappa shape index (κ3) is 4.62. The Labute approximate surface area is 92.0 Å². The van der Waals surface area contributed by atoms with Crippen LogP contribution in [0.4, 0.5) is 0 Å². The van der Waals surface area contributed by atoms with Crippen LogP contribution in [0.1, 0.15) is 34.6 Å². The molecule has 0 aromatic rings. The Bertz CT molecular complexity index is 208. The summed E-state index contributed by atoms with van der Waals surface area (Å²) < 4.78 is 4.70. The molecule has 0 heterocycles. The van der Waals surface area contributed by atoms with E-state index in [2.05, 4.69) is 5.32 Å². The van der Waals surface area contributed by atoms with Gasteiger partial charge in [0.05, 0.1) is 12.7 Å². The zero-order valence-electron chi connectivity index (χ0n) is 10.5. The summed E-state index contributed by atoms with van der Waals surface area (Å²) in [5.74, 6) is -0.164. The number of hydrogen-bond donors (Lipinski definition) is 2. The minimum Gasteiger partial charge on any atom is -0.468 e. The van der Waals surface area contributed by atoms with Crippen molar-refractivity contribution in [3.63, 3.8) is 0 Å². The lowest BCUT2D eigenvalue weighted by Gasteiger charge is -2.31. The van der Waals surface area contributed by atoms with Crippen LogP contribution in [0.2, 0.25) is 0 Å². The van der Waals surface area contributed by atoms with E-state index in [9.17, 15) is 9.90 Å². The summed E-state index contributed by atoms with van der Waals surface area (Å²) in [6.45, 7) is 9.13. The summed E-state index contributed by atoms with van der Waals surface area (Å²) in [5, 5.41) is 12.8. The van der Waals surface area contributed by atoms with E-state index in [1.165, 1.54) is 7.11 Å². The van der Waals surface area contributed by atoms with Crippen molar-refractivity contribution in [1.82, 2.24) is 5.32 Å². The highest BCUT2D eigenvalue weighted by Crippen LogP contribution is 2.12. The van der Waals surface area contributed by atoms with Crippen LogP contribution in [0.25, 0.3) is 0 Å². The third-order valence-corrected chi connectivity index (χ3v) is 2.61. The van der Waals surface area contributed by atoms with Crippen molar-refractivity contribution in [2.45, 2.75) is 52.3 Å². The van der Waals surface area contributed by atoms with Crippen LogP contribution < -0.4 is 5.32 Å². The summed E-state index contributed by atoms with van der Waals surface area (Å²) in [7, 11) is 1.37. The van der Waals surface area contributed by atoms with Crippen LogP contribution in [-0.2, 0) is 9.53 Å². The standard InChI is InChI=1S/C11H23NO3/c1-7(2)9(10(13)15-6)12-8(3)11(4,5)14/h7-9,12,14H,1-6H3/t8?,9-/m0/s1. The Morgan fingerprint density at radius 1 is 1.33 bits per heavy atom. The average molecular weight is 217 g/mol. The molecule has 0 fully saturated rings. The van der Waals surface area contributed by atoms with Gasteiger partial charge in [0.25, 0.3) is 0 Å². The molecule has 0 aliphatic carbocycles. The van der Waals surface area contributed by atoms with Gasteiger partial charge in [-0.2, -0.15) is 0 Å². The van der Waals surface area contributed by atoms with Gasteiger partial charge < -0.3 is 9.84 Å². The first kappa shape index (κ1) is 14.4. The monoisotopic (exact) mass is 217 g/mol. The number of carbonyl (C=O) groups is 1. The summed E-state index contributed by atoms with van der Waals surface area (Å²) in [6, 6.07) is -0.555. The van der Waals surface area contributed by atoms with E-state index in [1.54, 1.807) is 13.8 Å². The van der Waals surface area contributed by atoms with Gasteiger partial charge in [-0.3, -0.25) is 10.1 Å². The van der Waals surface area contributed by atoms with Crippen molar-refractivity contribution in [1.29, 1.82) is 0 Å². The van der Waals surface area contributed by atoms with E-state index in [0.717, 1.165) is 0 Å². The first-order valence-electron chi connectivity index (χ1n) is 5.26. The molecule has 0 bridgehead atoms. The zero-order valence-corrected chi connectivity index (χ0v) is 10.5. The number of esters is 1. The minimum atomic E-state index is -0.860. The molecular formula is C11H23NO3. The number of ether oxygens (including phenoxy) is 1. The highest BCUT2D eigenvalue weighted by atomic mass is 16.5. The van der Waals surface area contributed by atoms with Gasteiger partial charge in [0.1, 0.15) is 6.04 Å². The van der Waals surface area contributed by atoms with Gasteiger partial charge in [0, 0.05) is 6.04 Å². The lowest BCUT2D eigenvalue weighted by molar-refractivity contribution is -0.145. The fourth-order valence-electron chi connectivity index (χ4n) is 1.13. The molecule has 4 heteroatoms. The first-order valence-corrected chi connectivity index (χ1v) is 5.26. The van der Waals surface area contributed by atoms with Gasteiger partial charge in [-0.25, -0.2) is 0 Å². The Morgan fingerprint density at radius 3 is 2.07 bits per heavy atom. The second-order valence-electron chi connectivity index (χ2n) is 4.79. The van der Waals surface area contributed by atoms with Gasteiger partial charge >= 0.3 is 5.97 Å². The molecule has 1 unspecified atom stereocenters. The molecule has 0 saturated heterocycles. The Morgan fingerprint density at radius 2 is 1.80 bits per heavy atom. The van der Waals surface area contributed by atoms with Crippen molar-refractivity contribution < 1.29 is 14.6 Å². The Hall–Kier alpha value is -0.610. The third-order valence-electron chi connectivity index (χ3n) is 2.61. The summed E-state index contributed by atoms with van der Waals surface area (Å²) in [6.07, 6.45) is 0. The second-order valence-corrected chi connectivity index (χ2v) is 4.79. The van der Waals surface area contributed by atoms with E-state index >= 15 is 0 Å². The van der Waals surface area contributed by atoms with Crippen molar-refractivity contribution >= 4 is 5.97 Å². The maximum Gasteiger partial charge on any atom is 0.323 e. The molecule has 0 aliphatic heterocycles. The van der Waals surface area contributed by atoms with E-state index in [1.807, 2.05) is 20.8 Å². The molecule has 4 nitrogen and oxygen atoms in total. The lowest BCUT2D eigenvalue weighted by Crippen LogP contribution is -2.53. The topological polar surface area (TPSA) is 58.6 Å². The number of aliphatic hydroxyl groups is 1. The molecule has 0 amide bonds. The van der Waals surface area contributed by atoms with Crippen molar-refractivity contribution in [3.8, 4) is 0 Å². The van der Waals surface area contributed by atoms with Gasteiger partial charge in [-0.15, -0.1) is 0 Å². The average Bonchev–Trinajstić information content (AvgIpc) is 2.10. The van der Waals surface area contributed by atoms with Gasteiger partial charge in [-0.05, 0) is 26.7 Å². The van der Waals surface area contributed by atoms with E-state index in [0.29, 0.717) is 0 Å². The second kappa shape index (κ2) is 5.47. The Balaban J connectivity index is 4.49. The fourth-order valence-corrected chi connectivity index (χ4v) is 1.13. The maximum atomic E-state index is 11.4. The molecular weight excluding hydrogens is 194 g/mol. The molecule has 90 valence electrons. The van der Waals surface area contributed by atoms with Gasteiger partial charge in [-0.1, -0.05) is 13.8 Å². The number of nitrogens with one attached hydrogen (secondary N) is 1. The molecule has 0 aliphatic rings. The van der Waals surface area contributed by atoms with E-state index in [-0.39, 0.29) is 24.0 Å². The summed E-state index contributed by atoms with van der Waals surface area (Å²) in [4.78, 5) is 11.4. The molecule has 0 aromatic carbocycles. The number of rotatable bonds is 5. The molecule has 0 rings (SSSR count). The number of methoxy groups -OCH3 is 1. The van der Waals surface area contributed by atoms with Crippen molar-refractivity contribution in [2.24, 2.45) is 5.92 Å². The van der Waals surface area contributed by atoms with E-state index < -0.39 is 5.60 Å². The quantitative estimate of drug-likeness (QED) is 0.673. The molecule has 2 atom stereocenters. The highest BCUT2D eigenvalue weighted by Gasteiger charge is 2.30. The van der Waals surface area contributed by atoms with Crippen LogP contribution in [-0.4, -0.2) is 35.9 Å². The molecule has 0 spiro atoms. The lowest BCUT2D eigenvalue weighted by atomic mass is 9.97. The SMILES string of the molecule is COC(=O)[C@@H](NC(C)C(C)(C)O)C(C)C. The van der Waals surface area contributed by atoms with Crippen LogP contribution in [0.5, 0.6) is 0 Å². The van der Waals surface area contributed by atoms with Crippen LogP contribution in [0, 0.1) is 5.92 Å². The van der Waals surface area contributed by atoms with Crippen LogP contribution in [0.3, 0.4) is 0 Å². The fraction of sp³-hybridized carbons (Fsp3) is 0.909. The first-order chi connectivity index (χ1) is 6.70. The predicted molar refractivity (Wildman–Crippen MR) is 59.5 cm³/mol. The summed E-state index contributed by atoms with van der Waals surface area (Å²) >= 11 is 0. The van der Waals surface area contributed by atoms with Crippen LogP contribution >= 0.6 is 0 Å². The molecule has 0 saturated carbocycles. The number of carbonyl (C=O) groups excluding carboxylic acids is 1. The van der Waals surface area contributed by atoms with Gasteiger partial charge in [0.2, 0.25) is 0 Å². The number of hydrogen-bond acceptors (Lipinski definition) is 4. The molecule has 0 aromatic heterocycles. The minimum absolute atomic E-state index is 0.127. The van der Waals surface area contributed by atoms with Gasteiger partial charge in [0.15, 0.2) is 0 Å². The van der Waals surface area contributed by atoms with Crippen molar-refractivity contribution in [3.05, 3.63) is 0 Å². The molecule has 0 radical (unpaired) electrons. The smallest absolute Gasteiger partial charge is 0.323 e.